The lowest BCUT2D eigenvalue weighted by Crippen LogP contribution is -2.31. The van der Waals surface area contributed by atoms with Crippen molar-refractivity contribution in [3.05, 3.63) is 69.5 Å². The minimum Gasteiger partial charge on any atom is -0.459 e. The molecule has 0 atom stereocenters. The van der Waals surface area contributed by atoms with E-state index in [1.807, 2.05) is 0 Å². The second-order valence-corrected chi connectivity index (χ2v) is 5.34. The SMILES string of the molecule is O=C(CNC(=O)c1ccccc1F)OCc1c(Cl)cccc1Cl. The van der Waals surface area contributed by atoms with E-state index in [1.165, 1.54) is 18.2 Å². The Labute approximate surface area is 142 Å². The highest BCUT2D eigenvalue weighted by molar-refractivity contribution is 6.35. The molecule has 2 aromatic rings. The Balaban J connectivity index is 1.86. The number of halogens is 3. The molecule has 2 rings (SSSR count). The van der Waals surface area contributed by atoms with Crippen LogP contribution in [0, 0.1) is 5.82 Å². The van der Waals surface area contributed by atoms with Crippen molar-refractivity contribution >= 4 is 35.1 Å². The summed E-state index contributed by atoms with van der Waals surface area (Å²) in [4.78, 5) is 23.4. The average Bonchev–Trinajstić information content (AvgIpc) is 2.52. The summed E-state index contributed by atoms with van der Waals surface area (Å²) in [6, 6.07) is 10.4. The highest BCUT2D eigenvalue weighted by Gasteiger charge is 2.13. The molecule has 7 heteroatoms. The fourth-order valence-electron chi connectivity index (χ4n) is 1.77. The Bertz CT molecular complexity index is 717. The number of rotatable bonds is 5. The molecule has 0 radical (unpaired) electrons. The highest BCUT2D eigenvalue weighted by atomic mass is 35.5. The molecule has 0 aliphatic carbocycles. The fraction of sp³-hybridized carbons (Fsp3) is 0.125. The van der Waals surface area contributed by atoms with Crippen LogP contribution in [0.15, 0.2) is 42.5 Å². The van der Waals surface area contributed by atoms with Gasteiger partial charge < -0.3 is 10.1 Å². The maximum atomic E-state index is 13.4. The van der Waals surface area contributed by atoms with Crippen LogP contribution in [-0.2, 0) is 16.1 Å². The molecule has 23 heavy (non-hydrogen) atoms. The Morgan fingerprint density at radius 3 is 2.35 bits per heavy atom. The maximum Gasteiger partial charge on any atom is 0.325 e. The number of benzene rings is 2. The van der Waals surface area contributed by atoms with Crippen LogP contribution < -0.4 is 5.32 Å². The topological polar surface area (TPSA) is 55.4 Å². The van der Waals surface area contributed by atoms with Gasteiger partial charge in [0, 0.05) is 15.6 Å². The van der Waals surface area contributed by atoms with Gasteiger partial charge >= 0.3 is 5.97 Å². The van der Waals surface area contributed by atoms with Crippen LogP contribution in [0.25, 0.3) is 0 Å². The second-order valence-electron chi connectivity index (χ2n) is 4.52. The molecule has 0 unspecified atom stereocenters. The van der Waals surface area contributed by atoms with Crippen molar-refractivity contribution in [3.63, 3.8) is 0 Å². The Morgan fingerprint density at radius 1 is 1.04 bits per heavy atom. The highest BCUT2D eigenvalue weighted by Crippen LogP contribution is 2.24. The zero-order chi connectivity index (χ0) is 16.8. The van der Waals surface area contributed by atoms with E-state index in [-0.39, 0.29) is 12.2 Å². The molecule has 0 saturated carbocycles. The predicted molar refractivity (Wildman–Crippen MR) is 85.0 cm³/mol. The van der Waals surface area contributed by atoms with Crippen molar-refractivity contribution in [1.82, 2.24) is 5.32 Å². The number of carbonyl (C=O) groups excluding carboxylic acids is 2. The largest absolute Gasteiger partial charge is 0.459 e. The Morgan fingerprint density at radius 2 is 1.70 bits per heavy atom. The van der Waals surface area contributed by atoms with E-state index in [0.29, 0.717) is 15.6 Å². The van der Waals surface area contributed by atoms with E-state index < -0.39 is 24.2 Å². The van der Waals surface area contributed by atoms with Crippen LogP contribution in [0.3, 0.4) is 0 Å². The van der Waals surface area contributed by atoms with E-state index in [0.717, 1.165) is 6.07 Å². The quantitative estimate of drug-likeness (QED) is 0.833. The normalized spacial score (nSPS) is 10.2. The molecule has 0 bridgehead atoms. The van der Waals surface area contributed by atoms with E-state index in [4.69, 9.17) is 27.9 Å². The van der Waals surface area contributed by atoms with Gasteiger partial charge in [0.1, 0.15) is 19.0 Å². The van der Waals surface area contributed by atoms with Gasteiger partial charge in [0.2, 0.25) is 0 Å². The number of esters is 1. The van der Waals surface area contributed by atoms with E-state index in [9.17, 15) is 14.0 Å². The van der Waals surface area contributed by atoms with Crippen LogP contribution in [0.2, 0.25) is 10.0 Å². The lowest BCUT2D eigenvalue weighted by molar-refractivity contribution is -0.143. The van der Waals surface area contributed by atoms with Gasteiger partial charge in [-0.3, -0.25) is 9.59 Å². The van der Waals surface area contributed by atoms with Gasteiger partial charge in [-0.1, -0.05) is 41.4 Å². The Hall–Kier alpha value is -2.11. The summed E-state index contributed by atoms with van der Waals surface area (Å²) < 4.78 is 18.4. The predicted octanol–water partition coefficient (Wildman–Crippen LogP) is 3.61. The summed E-state index contributed by atoms with van der Waals surface area (Å²) in [6.45, 7) is -0.512. The molecule has 0 aromatic heterocycles. The molecule has 0 aliphatic heterocycles. The van der Waals surface area contributed by atoms with Crippen molar-refractivity contribution in [2.45, 2.75) is 6.61 Å². The zero-order valence-corrected chi connectivity index (χ0v) is 13.3. The van der Waals surface area contributed by atoms with Crippen LogP contribution in [0.4, 0.5) is 4.39 Å². The van der Waals surface area contributed by atoms with Crippen molar-refractivity contribution in [3.8, 4) is 0 Å². The summed E-state index contributed by atoms with van der Waals surface area (Å²) in [7, 11) is 0. The minimum atomic E-state index is -0.698. The fourth-order valence-corrected chi connectivity index (χ4v) is 2.27. The zero-order valence-electron chi connectivity index (χ0n) is 11.8. The average molecular weight is 356 g/mol. The first kappa shape index (κ1) is 17.2. The molecule has 1 amide bonds. The standard InChI is InChI=1S/C16H12Cl2FNO3/c17-12-5-3-6-13(18)11(12)9-23-15(21)8-20-16(22)10-4-1-2-7-14(10)19/h1-7H,8-9H2,(H,20,22). The lowest BCUT2D eigenvalue weighted by atomic mass is 10.2. The van der Waals surface area contributed by atoms with Crippen LogP contribution in [0.5, 0.6) is 0 Å². The Kier molecular flexibility index (Phi) is 5.96. The molecule has 0 heterocycles. The van der Waals surface area contributed by atoms with Crippen LogP contribution in [-0.4, -0.2) is 18.4 Å². The first-order chi connectivity index (χ1) is 11.0. The number of ether oxygens (including phenoxy) is 1. The summed E-state index contributed by atoms with van der Waals surface area (Å²) >= 11 is 11.9. The van der Waals surface area contributed by atoms with Gasteiger partial charge in [0.25, 0.3) is 5.91 Å². The molecule has 1 N–H and O–H groups in total. The van der Waals surface area contributed by atoms with Crippen molar-refractivity contribution in [2.24, 2.45) is 0 Å². The molecular weight excluding hydrogens is 344 g/mol. The number of hydrogen-bond donors (Lipinski definition) is 1. The monoisotopic (exact) mass is 355 g/mol. The van der Waals surface area contributed by atoms with Gasteiger partial charge in [-0.15, -0.1) is 0 Å². The molecule has 2 aromatic carbocycles. The van der Waals surface area contributed by atoms with Crippen molar-refractivity contribution < 1.29 is 18.7 Å². The molecule has 0 saturated heterocycles. The summed E-state index contributed by atoms with van der Waals surface area (Å²) in [5.41, 5.74) is 0.332. The minimum absolute atomic E-state index is 0.118. The summed E-state index contributed by atoms with van der Waals surface area (Å²) in [5, 5.41) is 3.04. The van der Waals surface area contributed by atoms with Crippen molar-refractivity contribution in [1.29, 1.82) is 0 Å². The number of hydrogen-bond acceptors (Lipinski definition) is 3. The van der Waals surface area contributed by atoms with Crippen LogP contribution in [0.1, 0.15) is 15.9 Å². The van der Waals surface area contributed by atoms with Crippen molar-refractivity contribution in [2.75, 3.05) is 6.54 Å². The number of amides is 1. The summed E-state index contributed by atoms with van der Waals surface area (Å²) in [6.07, 6.45) is 0. The molecule has 0 fully saturated rings. The third-order valence-electron chi connectivity index (χ3n) is 2.95. The van der Waals surface area contributed by atoms with Crippen LogP contribution >= 0.6 is 23.2 Å². The van der Waals surface area contributed by atoms with E-state index in [2.05, 4.69) is 5.32 Å². The van der Waals surface area contributed by atoms with Gasteiger partial charge in [0.05, 0.1) is 5.56 Å². The first-order valence-electron chi connectivity index (χ1n) is 6.60. The smallest absolute Gasteiger partial charge is 0.325 e. The third-order valence-corrected chi connectivity index (χ3v) is 3.66. The number of carbonyl (C=O) groups is 2. The molecule has 0 spiro atoms. The maximum absolute atomic E-state index is 13.4. The molecule has 4 nitrogen and oxygen atoms in total. The van der Waals surface area contributed by atoms with E-state index in [1.54, 1.807) is 18.2 Å². The summed E-state index contributed by atoms with van der Waals surface area (Å²) in [5.74, 6) is -2.05. The van der Waals surface area contributed by atoms with Gasteiger partial charge in [0.15, 0.2) is 0 Å². The van der Waals surface area contributed by atoms with E-state index >= 15 is 0 Å². The third kappa shape index (κ3) is 4.68. The molecule has 0 aliphatic rings. The lowest BCUT2D eigenvalue weighted by Gasteiger charge is -2.09. The van der Waals surface area contributed by atoms with Gasteiger partial charge in [-0.05, 0) is 24.3 Å². The first-order valence-corrected chi connectivity index (χ1v) is 7.36. The van der Waals surface area contributed by atoms with Gasteiger partial charge in [-0.2, -0.15) is 0 Å². The molecular formula is C16H12Cl2FNO3. The second kappa shape index (κ2) is 7.94. The molecule has 120 valence electrons. The number of nitrogens with one attached hydrogen (secondary N) is 1. The van der Waals surface area contributed by atoms with Gasteiger partial charge in [-0.25, -0.2) is 4.39 Å².